The fourth-order valence-electron chi connectivity index (χ4n) is 1.45. The number of carbonyl (C=O) groups excluding carboxylic acids is 1. The molecule has 0 spiro atoms. The highest BCUT2D eigenvalue weighted by atomic mass is 32.1. The summed E-state index contributed by atoms with van der Waals surface area (Å²) in [5.74, 6) is -0.137. The molecule has 0 radical (unpaired) electrons. The number of anilines is 1. The number of nitrogens with zero attached hydrogens (tertiary/aromatic N) is 1. The van der Waals surface area contributed by atoms with Crippen molar-refractivity contribution in [3.63, 3.8) is 0 Å². The second kappa shape index (κ2) is 4.93. The highest BCUT2D eigenvalue weighted by Gasteiger charge is 2.14. The van der Waals surface area contributed by atoms with Crippen LogP contribution in [0.25, 0.3) is 0 Å². The van der Waals surface area contributed by atoms with Crippen molar-refractivity contribution in [2.24, 2.45) is 0 Å². The Bertz CT molecular complexity index is 528. The molecule has 17 heavy (non-hydrogen) atoms. The highest BCUT2D eigenvalue weighted by Crippen LogP contribution is 2.23. The lowest BCUT2D eigenvalue weighted by Crippen LogP contribution is -2.20. The molecule has 0 fully saturated rings. The molecule has 0 heterocycles. The van der Waals surface area contributed by atoms with Crippen LogP contribution in [0.3, 0.4) is 0 Å². The largest absolute Gasteiger partial charge is 0.508 e. The summed E-state index contributed by atoms with van der Waals surface area (Å²) < 4.78 is 1.20. The van der Waals surface area contributed by atoms with Gasteiger partial charge in [0.15, 0.2) is 0 Å². The van der Waals surface area contributed by atoms with Crippen LogP contribution in [-0.2, 0) is 0 Å². The van der Waals surface area contributed by atoms with Gasteiger partial charge < -0.3 is 5.11 Å². The van der Waals surface area contributed by atoms with Gasteiger partial charge in [0.05, 0.1) is 5.69 Å². The number of phenolic OH excluding ortho intramolecular Hbond substituents is 1. The first kappa shape index (κ1) is 11.5. The van der Waals surface area contributed by atoms with Crippen LogP contribution in [0.2, 0.25) is 0 Å². The maximum Gasteiger partial charge on any atom is 0.268 e. The van der Waals surface area contributed by atoms with Crippen molar-refractivity contribution in [3.05, 3.63) is 60.2 Å². The van der Waals surface area contributed by atoms with E-state index >= 15 is 0 Å². The maximum atomic E-state index is 12.0. The van der Waals surface area contributed by atoms with E-state index in [1.54, 1.807) is 36.4 Å². The van der Waals surface area contributed by atoms with Gasteiger partial charge in [0, 0.05) is 11.6 Å². The Morgan fingerprint density at radius 1 is 1.06 bits per heavy atom. The average molecular weight is 245 g/mol. The Hall–Kier alpha value is -1.94. The standard InChI is InChI=1S/C13H11NO2S/c15-12-8-4-7-11(9-12)14(17)13(16)10-5-2-1-3-6-10/h1-9,15,17H. The van der Waals surface area contributed by atoms with E-state index in [4.69, 9.17) is 0 Å². The lowest BCUT2D eigenvalue weighted by atomic mass is 10.2. The topological polar surface area (TPSA) is 40.5 Å². The van der Waals surface area contributed by atoms with Crippen molar-refractivity contribution < 1.29 is 9.90 Å². The van der Waals surface area contributed by atoms with Crippen LogP contribution in [0.5, 0.6) is 5.75 Å². The highest BCUT2D eigenvalue weighted by molar-refractivity contribution is 7.82. The first-order chi connectivity index (χ1) is 8.18. The summed E-state index contributed by atoms with van der Waals surface area (Å²) in [4.78, 5) is 12.0. The Kier molecular flexibility index (Phi) is 3.35. The number of rotatable bonds is 2. The minimum atomic E-state index is -0.237. The molecule has 4 heteroatoms. The van der Waals surface area contributed by atoms with Gasteiger partial charge in [-0.25, -0.2) is 0 Å². The molecule has 1 N–H and O–H groups in total. The zero-order chi connectivity index (χ0) is 12.3. The molecule has 2 aromatic rings. The van der Waals surface area contributed by atoms with Gasteiger partial charge in [0.25, 0.3) is 5.91 Å². The normalized spacial score (nSPS) is 9.94. The third-order valence-corrected chi connectivity index (χ3v) is 2.70. The molecular weight excluding hydrogens is 234 g/mol. The van der Waals surface area contributed by atoms with Gasteiger partial charge in [-0.15, -0.1) is 0 Å². The van der Waals surface area contributed by atoms with Gasteiger partial charge in [0.1, 0.15) is 5.75 Å². The summed E-state index contributed by atoms with van der Waals surface area (Å²) in [5, 5.41) is 9.34. The molecule has 3 nitrogen and oxygen atoms in total. The van der Waals surface area contributed by atoms with Gasteiger partial charge in [-0.05, 0) is 24.3 Å². The van der Waals surface area contributed by atoms with Crippen molar-refractivity contribution >= 4 is 24.4 Å². The molecular formula is C13H11NO2S. The summed E-state index contributed by atoms with van der Waals surface area (Å²) in [6.45, 7) is 0. The zero-order valence-corrected chi connectivity index (χ0v) is 9.84. The molecule has 0 saturated carbocycles. The smallest absolute Gasteiger partial charge is 0.268 e. The molecule has 0 atom stereocenters. The molecule has 0 saturated heterocycles. The predicted molar refractivity (Wildman–Crippen MR) is 70.3 cm³/mol. The summed E-state index contributed by atoms with van der Waals surface area (Å²) >= 11 is 4.15. The summed E-state index contributed by atoms with van der Waals surface area (Å²) in [7, 11) is 0. The molecule has 0 unspecified atom stereocenters. The predicted octanol–water partition coefficient (Wildman–Crippen LogP) is 2.88. The fourth-order valence-corrected chi connectivity index (χ4v) is 1.68. The van der Waals surface area contributed by atoms with E-state index in [-0.39, 0.29) is 11.7 Å². The number of benzene rings is 2. The van der Waals surface area contributed by atoms with Crippen molar-refractivity contribution in [3.8, 4) is 5.75 Å². The van der Waals surface area contributed by atoms with Crippen LogP contribution in [0.4, 0.5) is 5.69 Å². The number of amides is 1. The molecule has 0 aliphatic rings. The Morgan fingerprint density at radius 2 is 1.76 bits per heavy atom. The summed E-state index contributed by atoms with van der Waals surface area (Å²) in [5.41, 5.74) is 1.08. The van der Waals surface area contributed by atoms with Gasteiger partial charge in [-0.2, -0.15) is 0 Å². The maximum absolute atomic E-state index is 12.0. The van der Waals surface area contributed by atoms with Crippen molar-refractivity contribution in [1.82, 2.24) is 0 Å². The van der Waals surface area contributed by atoms with E-state index in [1.807, 2.05) is 6.07 Å². The van der Waals surface area contributed by atoms with E-state index in [0.29, 0.717) is 11.3 Å². The minimum absolute atomic E-state index is 0.0995. The van der Waals surface area contributed by atoms with Crippen LogP contribution >= 0.6 is 12.8 Å². The van der Waals surface area contributed by atoms with Crippen molar-refractivity contribution in [1.29, 1.82) is 0 Å². The third kappa shape index (κ3) is 2.60. The zero-order valence-electron chi connectivity index (χ0n) is 8.95. The summed E-state index contributed by atoms with van der Waals surface area (Å²) in [6.07, 6.45) is 0. The molecule has 0 aliphatic heterocycles. The van der Waals surface area contributed by atoms with E-state index in [9.17, 15) is 9.90 Å². The monoisotopic (exact) mass is 245 g/mol. The van der Waals surface area contributed by atoms with E-state index in [0.717, 1.165) is 0 Å². The van der Waals surface area contributed by atoms with Gasteiger partial charge >= 0.3 is 0 Å². The number of thiol groups is 1. The Morgan fingerprint density at radius 3 is 2.41 bits per heavy atom. The molecule has 2 aromatic carbocycles. The van der Waals surface area contributed by atoms with Crippen molar-refractivity contribution in [2.75, 3.05) is 4.31 Å². The fraction of sp³-hybridized carbons (Fsp3) is 0. The van der Waals surface area contributed by atoms with Gasteiger partial charge in [0.2, 0.25) is 0 Å². The SMILES string of the molecule is O=C(c1ccccc1)N(S)c1cccc(O)c1. The molecule has 0 bridgehead atoms. The molecule has 0 aliphatic carbocycles. The molecule has 2 rings (SSSR count). The van der Waals surface area contributed by atoms with E-state index in [1.165, 1.54) is 16.4 Å². The molecule has 1 amide bonds. The van der Waals surface area contributed by atoms with Crippen LogP contribution < -0.4 is 4.31 Å². The lowest BCUT2D eigenvalue weighted by Gasteiger charge is -2.15. The van der Waals surface area contributed by atoms with Crippen LogP contribution in [0.15, 0.2) is 54.6 Å². The number of phenols is 1. The number of hydrogen-bond acceptors (Lipinski definition) is 3. The van der Waals surface area contributed by atoms with E-state index in [2.05, 4.69) is 12.8 Å². The van der Waals surface area contributed by atoms with Crippen molar-refractivity contribution in [2.45, 2.75) is 0 Å². The molecule has 86 valence electrons. The Balaban J connectivity index is 2.27. The minimum Gasteiger partial charge on any atom is -0.508 e. The van der Waals surface area contributed by atoms with Gasteiger partial charge in [-0.1, -0.05) is 37.1 Å². The lowest BCUT2D eigenvalue weighted by molar-refractivity contribution is 0.101. The first-order valence-electron chi connectivity index (χ1n) is 5.06. The third-order valence-electron chi connectivity index (χ3n) is 2.29. The average Bonchev–Trinajstić information content (AvgIpc) is 2.38. The number of aromatic hydroxyl groups is 1. The second-order valence-electron chi connectivity index (χ2n) is 3.50. The second-order valence-corrected chi connectivity index (χ2v) is 3.90. The summed E-state index contributed by atoms with van der Waals surface area (Å²) in [6, 6.07) is 15.2. The number of hydrogen-bond donors (Lipinski definition) is 2. The van der Waals surface area contributed by atoms with Crippen LogP contribution in [0, 0.1) is 0 Å². The van der Waals surface area contributed by atoms with Gasteiger partial charge in [-0.3, -0.25) is 9.10 Å². The first-order valence-corrected chi connectivity index (χ1v) is 5.46. The Labute approximate surface area is 105 Å². The quantitative estimate of drug-likeness (QED) is 0.799. The number of carbonyl (C=O) groups is 1. The van der Waals surface area contributed by atoms with E-state index < -0.39 is 0 Å². The van der Waals surface area contributed by atoms with Crippen LogP contribution in [-0.4, -0.2) is 11.0 Å². The molecule has 0 aromatic heterocycles. The van der Waals surface area contributed by atoms with Crippen LogP contribution in [0.1, 0.15) is 10.4 Å².